The maximum absolute atomic E-state index is 12.8. The van der Waals surface area contributed by atoms with Gasteiger partial charge in [-0.2, -0.15) is 13.2 Å². The number of halogens is 3. The summed E-state index contributed by atoms with van der Waals surface area (Å²) in [5.74, 6) is 1.06. The van der Waals surface area contributed by atoms with Crippen LogP contribution >= 0.6 is 0 Å². The van der Waals surface area contributed by atoms with E-state index in [0.717, 1.165) is 19.3 Å². The topological polar surface area (TPSA) is 15.3 Å². The average Bonchev–Trinajstić information content (AvgIpc) is 2.33. The van der Waals surface area contributed by atoms with Gasteiger partial charge in [0.05, 0.1) is 6.54 Å². The minimum atomic E-state index is -4.13. The zero-order valence-corrected chi connectivity index (χ0v) is 13.3. The lowest BCUT2D eigenvalue weighted by Crippen LogP contribution is -2.57. The highest BCUT2D eigenvalue weighted by atomic mass is 19.4. The van der Waals surface area contributed by atoms with Crippen LogP contribution in [0.4, 0.5) is 13.2 Å². The smallest absolute Gasteiger partial charge is 0.315 e. The SMILES string of the molecule is CNC1CCC(C(C)C)CC1N(CC(F)(F)F)C(C)C. The summed E-state index contributed by atoms with van der Waals surface area (Å²) in [4.78, 5) is 1.63. The van der Waals surface area contributed by atoms with Gasteiger partial charge in [0.1, 0.15) is 0 Å². The fourth-order valence-electron chi connectivity index (χ4n) is 3.38. The molecule has 0 heterocycles. The van der Waals surface area contributed by atoms with Crippen molar-refractivity contribution in [3.05, 3.63) is 0 Å². The molecule has 1 fully saturated rings. The largest absolute Gasteiger partial charge is 0.401 e. The molecule has 3 atom stereocenters. The van der Waals surface area contributed by atoms with E-state index in [1.807, 2.05) is 20.9 Å². The fourth-order valence-corrected chi connectivity index (χ4v) is 3.38. The van der Waals surface area contributed by atoms with Gasteiger partial charge < -0.3 is 5.32 Å². The zero-order chi connectivity index (χ0) is 15.5. The Bertz CT molecular complexity index is 289. The van der Waals surface area contributed by atoms with E-state index in [1.54, 1.807) is 4.90 Å². The summed E-state index contributed by atoms with van der Waals surface area (Å²) in [6.07, 6.45) is -1.20. The van der Waals surface area contributed by atoms with Crippen LogP contribution < -0.4 is 5.32 Å². The van der Waals surface area contributed by atoms with Crippen molar-refractivity contribution in [3.8, 4) is 0 Å². The molecule has 0 amide bonds. The number of nitrogens with zero attached hydrogens (tertiary/aromatic N) is 1. The summed E-state index contributed by atoms with van der Waals surface area (Å²) in [7, 11) is 1.86. The van der Waals surface area contributed by atoms with Crippen molar-refractivity contribution in [2.24, 2.45) is 11.8 Å². The van der Waals surface area contributed by atoms with E-state index in [1.165, 1.54) is 0 Å². The molecule has 0 saturated heterocycles. The first-order valence-corrected chi connectivity index (χ1v) is 7.65. The molecule has 0 radical (unpaired) electrons. The third-order valence-corrected chi connectivity index (χ3v) is 4.62. The van der Waals surface area contributed by atoms with Gasteiger partial charge in [0.15, 0.2) is 0 Å². The van der Waals surface area contributed by atoms with Crippen LogP contribution in [0.2, 0.25) is 0 Å². The normalized spacial score (nSPS) is 28.6. The molecule has 2 nitrogen and oxygen atoms in total. The summed E-state index contributed by atoms with van der Waals surface area (Å²) in [6.45, 7) is 7.25. The van der Waals surface area contributed by atoms with E-state index in [9.17, 15) is 13.2 Å². The minimum Gasteiger partial charge on any atom is -0.315 e. The van der Waals surface area contributed by atoms with Gasteiger partial charge in [-0.05, 0) is 52.0 Å². The maximum atomic E-state index is 12.8. The second-order valence-corrected chi connectivity index (χ2v) is 6.66. The number of rotatable bonds is 5. The number of hydrogen-bond donors (Lipinski definition) is 1. The van der Waals surface area contributed by atoms with Crippen LogP contribution in [0.5, 0.6) is 0 Å². The molecule has 1 rings (SSSR count). The lowest BCUT2D eigenvalue weighted by atomic mass is 9.76. The molecule has 20 heavy (non-hydrogen) atoms. The number of alkyl halides is 3. The fraction of sp³-hybridized carbons (Fsp3) is 1.00. The Labute approximate surface area is 121 Å². The zero-order valence-electron chi connectivity index (χ0n) is 13.3. The van der Waals surface area contributed by atoms with Crippen molar-refractivity contribution < 1.29 is 13.2 Å². The molecule has 1 N–H and O–H groups in total. The third-order valence-electron chi connectivity index (χ3n) is 4.62. The molecular formula is C15H29F3N2. The molecule has 0 aromatic carbocycles. The van der Waals surface area contributed by atoms with E-state index in [4.69, 9.17) is 0 Å². The molecule has 0 aromatic heterocycles. The van der Waals surface area contributed by atoms with E-state index in [-0.39, 0.29) is 18.1 Å². The van der Waals surface area contributed by atoms with Crippen LogP contribution in [0.15, 0.2) is 0 Å². The Morgan fingerprint density at radius 3 is 2.15 bits per heavy atom. The molecule has 0 aromatic rings. The molecule has 5 heteroatoms. The van der Waals surface area contributed by atoms with Gasteiger partial charge in [-0.15, -0.1) is 0 Å². The van der Waals surface area contributed by atoms with Gasteiger partial charge in [0.2, 0.25) is 0 Å². The lowest BCUT2D eigenvalue weighted by molar-refractivity contribution is -0.159. The van der Waals surface area contributed by atoms with Crippen molar-refractivity contribution in [2.45, 2.75) is 71.3 Å². The highest BCUT2D eigenvalue weighted by molar-refractivity contribution is 4.93. The number of nitrogens with one attached hydrogen (secondary N) is 1. The highest BCUT2D eigenvalue weighted by Gasteiger charge is 2.40. The van der Waals surface area contributed by atoms with E-state index in [0.29, 0.717) is 11.8 Å². The first-order valence-electron chi connectivity index (χ1n) is 7.65. The van der Waals surface area contributed by atoms with Gasteiger partial charge >= 0.3 is 6.18 Å². The van der Waals surface area contributed by atoms with Crippen LogP contribution in [-0.2, 0) is 0 Å². The third kappa shape index (κ3) is 4.92. The molecule has 1 aliphatic carbocycles. The van der Waals surface area contributed by atoms with Gasteiger partial charge in [-0.25, -0.2) is 0 Å². The molecule has 1 saturated carbocycles. The summed E-state index contributed by atoms with van der Waals surface area (Å²) >= 11 is 0. The predicted octanol–water partition coefficient (Wildman–Crippen LogP) is 3.67. The number of hydrogen-bond acceptors (Lipinski definition) is 2. The Balaban J connectivity index is 2.88. The Hall–Kier alpha value is -0.290. The van der Waals surface area contributed by atoms with Crippen LogP contribution in [-0.4, -0.2) is 42.8 Å². The van der Waals surface area contributed by atoms with Crippen LogP contribution in [0.3, 0.4) is 0 Å². The summed E-state index contributed by atoms with van der Waals surface area (Å²) in [5, 5.41) is 3.23. The van der Waals surface area contributed by atoms with Gasteiger partial charge in [-0.1, -0.05) is 13.8 Å². The highest BCUT2D eigenvalue weighted by Crippen LogP contribution is 2.34. The second kappa shape index (κ2) is 7.12. The van der Waals surface area contributed by atoms with E-state index < -0.39 is 12.7 Å². The Kier molecular flexibility index (Phi) is 6.32. The molecule has 0 bridgehead atoms. The van der Waals surface area contributed by atoms with Crippen molar-refractivity contribution in [1.29, 1.82) is 0 Å². The van der Waals surface area contributed by atoms with E-state index >= 15 is 0 Å². The Morgan fingerprint density at radius 1 is 1.15 bits per heavy atom. The van der Waals surface area contributed by atoms with Gasteiger partial charge in [0, 0.05) is 18.1 Å². The summed E-state index contributed by atoms with van der Waals surface area (Å²) < 4.78 is 38.5. The molecule has 0 spiro atoms. The van der Waals surface area contributed by atoms with Crippen molar-refractivity contribution in [3.63, 3.8) is 0 Å². The lowest BCUT2D eigenvalue weighted by Gasteiger charge is -2.45. The minimum absolute atomic E-state index is 0.0252. The second-order valence-electron chi connectivity index (χ2n) is 6.66. The summed E-state index contributed by atoms with van der Waals surface area (Å²) in [5.41, 5.74) is 0. The van der Waals surface area contributed by atoms with Crippen molar-refractivity contribution in [2.75, 3.05) is 13.6 Å². The number of likely N-dealkylation sites (N-methyl/N-ethyl adjacent to an activating group) is 1. The molecular weight excluding hydrogens is 265 g/mol. The van der Waals surface area contributed by atoms with E-state index in [2.05, 4.69) is 19.2 Å². The van der Waals surface area contributed by atoms with Gasteiger partial charge in [-0.3, -0.25) is 4.90 Å². The Morgan fingerprint density at radius 2 is 1.75 bits per heavy atom. The predicted molar refractivity (Wildman–Crippen MR) is 76.7 cm³/mol. The molecule has 0 aliphatic heterocycles. The van der Waals surface area contributed by atoms with Crippen molar-refractivity contribution >= 4 is 0 Å². The van der Waals surface area contributed by atoms with Crippen LogP contribution in [0, 0.1) is 11.8 Å². The first kappa shape index (κ1) is 17.8. The first-order chi connectivity index (χ1) is 9.15. The maximum Gasteiger partial charge on any atom is 0.401 e. The van der Waals surface area contributed by atoms with Crippen LogP contribution in [0.25, 0.3) is 0 Å². The molecule has 3 unspecified atom stereocenters. The molecule has 120 valence electrons. The van der Waals surface area contributed by atoms with Gasteiger partial charge in [0.25, 0.3) is 0 Å². The quantitative estimate of drug-likeness (QED) is 0.832. The summed E-state index contributed by atoms with van der Waals surface area (Å²) in [6, 6.07) is 0.0425. The standard InChI is InChI=1S/C15H29F3N2/c1-10(2)12-6-7-13(19-5)14(8-12)20(11(3)4)9-15(16,17)18/h10-14,19H,6-9H2,1-5H3. The van der Waals surface area contributed by atoms with Crippen molar-refractivity contribution in [1.82, 2.24) is 10.2 Å². The monoisotopic (exact) mass is 294 g/mol. The van der Waals surface area contributed by atoms with Crippen LogP contribution in [0.1, 0.15) is 47.0 Å². The molecule has 1 aliphatic rings. The average molecular weight is 294 g/mol.